The molecule has 0 heterocycles. The van der Waals surface area contributed by atoms with Gasteiger partial charge in [0.25, 0.3) is 5.91 Å². The van der Waals surface area contributed by atoms with Crippen LogP contribution in [0.25, 0.3) is 0 Å². The smallest absolute Gasteiger partial charge is 0.262 e. The van der Waals surface area contributed by atoms with Crippen molar-refractivity contribution >= 4 is 40.5 Å². The van der Waals surface area contributed by atoms with E-state index in [0.717, 1.165) is 11.3 Å². The van der Waals surface area contributed by atoms with Crippen LogP contribution in [0.3, 0.4) is 0 Å². The van der Waals surface area contributed by atoms with Crippen molar-refractivity contribution in [1.82, 2.24) is 0 Å². The van der Waals surface area contributed by atoms with E-state index < -0.39 is 0 Å². The average Bonchev–Trinajstić information content (AvgIpc) is 2.70. The van der Waals surface area contributed by atoms with Gasteiger partial charge in [0.2, 0.25) is 0 Å². The standard InChI is InChI=1S/C23H22Cl2N2O2/c1-15-7-9-18(11-16(15)2)26-13-17-8-10-22(20(25)12-17)29-14-23(28)27-21-6-4-3-5-19(21)24/h3-12,26H,13-14H2,1-2H3,(H,27,28). The molecule has 0 aliphatic rings. The summed E-state index contributed by atoms with van der Waals surface area (Å²) in [4.78, 5) is 12.1. The van der Waals surface area contributed by atoms with E-state index in [2.05, 4.69) is 42.7 Å². The summed E-state index contributed by atoms with van der Waals surface area (Å²) in [5.41, 5.74) is 5.12. The number of aryl methyl sites for hydroxylation is 2. The normalized spacial score (nSPS) is 10.5. The van der Waals surface area contributed by atoms with Crippen molar-refractivity contribution in [3.63, 3.8) is 0 Å². The second-order valence-corrected chi connectivity index (χ2v) is 7.55. The molecule has 0 aliphatic heterocycles. The van der Waals surface area contributed by atoms with E-state index in [1.807, 2.05) is 12.1 Å². The predicted molar refractivity (Wildman–Crippen MR) is 120 cm³/mol. The van der Waals surface area contributed by atoms with Crippen molar-refractivity contribution < 1.29 is 9.53 Å². The average molecular weight is 429 g/mol. The number of amides is 1. The molecular weight excluding hydrogens is 407 g/mol. The van der Waals surface area contributed by atoms with Crippen LogP contribution < -0.4 is 15.4 Å². The SMILES string of the molecule is Cc1ccc(NCc2ccc(OCC(=O)Nc3ccccc3Cl)c(Cl)c2)cc1C. The van der Waals surface area contributed by atoms with E-state index in [4.69, 9.17) is 27.9 Å². The van der Waals surface area contributed by atoms with Gasteiger partial charge in [0.05, 0.1) is 15.7 Å². The van der Waals surface area contributed by atoms with E-state index >= 15 is 0 Å². The van der Waals surface area contributed by atoms with Crippen LogP contribution in [-0.4, -0.2) is 12.5 Å². The Morgan fingerprint density at radius 1 is 0.931 bits per heavy atom. The van der Waals surface area contributed by atoms with E-state index in [1.54, 1.807) is 30.3 Å². The van der Waals surface area contributed by atoms with Gasteiger partial charge in [0, 0.05) is 12.2 Å². The van der Waals surface area contributed by atoms with Gasteiger partial charge in [-0.15, -0.1) is 0 Å². The third-order valence-electron chi connectivity index (χ3n) is 4.51. The molecule has 0 fully saturated rings. The largest absolute Gasteiger partial charge is 0.482 e. The number of nitrogens with one attached hydrogen (secondary N) is 2. The fourth-order valence-corrected chi connectivity index (χ4v) is 3.16. The maximum Gasteiger partial charge on any atom is 0.262 e. The van der Waals surface area contributed by atoms with E-state index in [1.165, 1.54) is 11.1 Å². The zero-order chi connectivity index (χ0) is 20.8. The van der Waals surface area contributed by atoms with Crippen LogP contribution in [0.4, 0.5) is 11.4 Å². The summed E-state index contributed by atoms with van der Waals surface area (Å²) in [6, 6.07) is 18.8. The van der Waals surface area contributed by atoms with Crippen LogP contribution in [0, 0.1) is 13.8 Å². The van der Waals surface area contributed by atoms with Crippen molar-refractivity contribution in [3.8, 4) is 5.75 Å². The lowest BCUT2D eigenvalue weighted by atomic mass is 10.1. The van der Waals surface area contributed by atoms with Crippen LogP contribution >= 0.6 is 23.2 Å². The molecule has 3 aromatic rings. The van der Waals surface area contributed by atoms with Gasteiger partial charge < -0.3 is 15.4 Å². The van der Waals surface area contributed by atoms with Gasteiger partial charge in [0.1, 0.15) is 5.75 Å². The molecule has 2 N–H and O–H groups in total. The lowest BCUT2D eigenvalue weighted by Gasteiger charge is -2.12. The lowest BCUT2D eigenvalue weighted by molar-refractivity contribution is -0.118. The monoisotopic (exact) mass is 428 g/mol. The number of benzene rings is 3. The second-order valence-electron chi connectivity index (χ2n) is 6.73. The van der Waals surface area contributed by atoms with E-state index in [-0.39, 0.29) is 12.5 Å². The van der Waals surface area contributed by atoms with E-state index in [9.17, 15) is 4.79 Å². The van der Waals surface area contributed by atoms with Crippen molar-refractivity contribution in [1.29, 1.82) is 0 Å². The molecule has 150 valence electrons. The molecule has 0 unspecified atom stereocenters. The summed E-state index contributed by atoms with van der Waals surface area (Å²) in [7, 11) is 0. The van der Waals surface area contributed by atoms with Crippen molar-refractivity contribution in [2.75, 3.05) is 17.2 Å². The first kappa shape index (κ1) is 21.0. The summed E-state index contributed by atoms with van der Waals surface area (Å²) in [6.07, 6.45) is 0. The third kappa shape index (κ3) is 5.89. The fourth-order valence-electron chi connectivity index (χ4n) is 2.72. The van der Waals surface area contributed by atoms with Gasteiger partial charge in [-0.05, 0) is 66.9 Å². The lowest BCUT2D eigenvalue weighted by Crippen LogP contribution is -2.20. The molecule has 0 aliphatic carbocycles. The van der Waals surface area contributed by atoms with E-state index in [0.29, 0.717) is 28.0 Å². The number of hydrogen-bond donors (Lipinski definition) is 2. The summed E-state index contributed by atoms with van der Waals surface area (Å²) >= 11 is 12.4. The number of halogens is 2. The number of carbonyl (C=O) groups is 1. The summed E-state index contributed by atoms with van der Waals surface area (Å²) in [5, 5.41) is 7.02. The molecule has 0 bridgehead atoms. The summed E-state index contributed by atoms with van der Waals surface area (Å²) in [5.74, 6) is 0.144. The molecule has 3 aromatic carbocycles. The van der Waals surface area contributed by atoms with Crippen LogP contribution in [0.5, 0.6) is 5.75 Å². The van der Waals surface area contributed by atoms with Gasteiger partial charge in [0.15, 0.2) is 6.61 Å². The molecule has 6 heteroatoms. The topological polar surface area (TPSA) is 50.4 Å². The second kappa shape index (κ2) is 9.68. The fraction of sp³-hybridized carbons (Fsp3) is 0.174. The molecule has 0 saturated heterocycles. The minimum Gasteiger partial charge on any atom is -0.482 e. The molecule has 0 aromatic heterocycles. The highest BCUT2D eigenvalue weighted by atomic mass is 35.5. The first-order chi connectivity index (χ1) is 13.9. The number of anilines is 2. The van der Waals surface area contributed by atoms with Gasteiger partial charge in [-0.25, -0.2) is 0 Å². The first-order valence-electron chi connectivity index (χ1n) is 9.19. The quantitative estimate of drug-likeness (QED) is 0.468. The van der Waals surface area contributed by atoms with Gasteiger partial charge in [-0.1, -0.05) is 47.5 Å². The molecule has 4 nitrogen and oxygen atoms in total. The zero-order valence-corrected chi connectivity index (χ0v) is 17.8. The molecule has 0 spiro atoms. The highest BCUT2D eigenvalue weighted by Crippen LogP contribution is 2.26. The summed E-state index contributed by atoms with van der Waals surface area (Å²) in [6.45, 7) is 4.65. The Hall–Kier alpha value is -2.69. The van der Waals surface area contributed by atoms with Crippen LogP contribution in [-0.2, 0) is 11.3 Å². The molecule has 29 heavy (non-hydrogen) atoms. The third-order valence-corrected chi connectivity index (χ3v) is 5.13. The Kier molecular flexibility index (Phi) is 7.02. The van der Waals surface area contributed by atoms with Crippen LogP contribution in [0.2, 0.25) is 10.0 Å². The molecule has 3 rings (SSSR count). The minimum absolute atomic E-state index is 0.162. The molecule has 0 atom stereocenters. The number of hydrogen-bond acceptors (Lipinski definition) is 3. The minimum atomic E-state index is -0.311. The molecule has 0 saturated carbocycles. The highest BCUT2D eigenvalue weighted by Gasteiger charge is 2.09. The number of para-hydroxylation sites is 1. The zero-order valence-electron chi connectivity index (χ0n) is 16.3. The number of carbonyl (C=O) groups excluding carboxylic acids is 1. The molecule has 1 amide bonds. The predicted octanol–water partition coefficient (Wildman–Crippen LogP) is 6.24. The summed E-state index contributed by atoms with van der Waals surface area (Å²) < 4.78 is 5.55. The highest BCUT2D eigenvalue weighted by molar-refractivity contribution is 6.33. The molecular formula is C23H22Cl2N2O2. The maximum atomic E-state index is 12.1. The van der Waals surface area contributed by atoms with Gasteiger partial charge >= 0.3 is 0 Å². The Bertz CT molecular complexity index is 1020. The van der Waals surface area contributed by atoms with Crippen molar-refractivity contribution in [3.05, 3.63) is 87.4 Å². The Morgan fingerprint density at radius 3 is 2.45 bits per heavy atom. The first-order valence-corrected chi connectivity index (χ1v) is 9.94. The van der Waals surface area contributed by atoms with Gasteiger partial charge in [-0.2, -0.15) is 0 Å². The maximum absolute atomic E-state index is 12.1. The van der Waals surface area contributed by atoms with Crippen molar-refractivity contribution in [2.45, 2.75) is 20.4 Å². The Balaban J connectivity index is 1.54. The van der Waals surface area contributed by atoms with Crippen LogP contribution in [0.1, 0.15) is 16.7 Å². The van der Waals surface area contributed by atoms with Crippen LogP contribution in [0.15, 0.2) is 60.7 Å². The van der Waals surface area contributed by atoms with Crippen molar-refractivity contribution in [2.24, 2.45) is 0 Å². The number of ether oxygens (including phenoxy) is 1. The van der Waals surface area contributed by atoms with Gasteiger partial charge in [-0.3, -0.25) is 4.79 Å². The molecule has 0 radical (unpaired) electrons. The Labute approximate surface area is 180 Å². The number of rotatable bonds is 7. The Morgan fingerprint density at radius 2 is 1.72 bits per heavy atom.